The van der Waals surface area contributed by atoms with Crippen LogP contribution in [0.2, 0.25) is 0 Å². The number of nitrogens with zero attached hydrogens (tertiary/aromatic N) is 1. The maximum Gasteiger partial charge on any atom is 0.214 e. The molecule has 2 saturated heterocycles. The first-order chi connectivity index (χ1) is 9.00. The van der Waals surface area contributed by atoms with E-state index >= 15 is 0 Å². The van der Waals surface area contributed by atoms with Gasteiger partial charge in [0.05, 0.1) is 11.9 Å². The Labute approximate surface area is 116 Å². The molecule has 0 aliphatic carbocycles. The molecule has 2 rings (SSSR count). The summed E-state index contributed by atoms with van der Waals surface area (Å²) >= 11 is 0. The Morgan fingerprint density at radius 1 is 1.32 bits per heavy atom. The van der Waals surface area contributed by atoms with Crippen molar-refractivity contribution >= 4 is 10.0 Å². The van der Waals surface area contributed by atoms with E-state index in [-0.39, 0.29) is 17.9 Å². The van der Waals surface area contributed by atoms with Gasteiger partial charge in [0.2, 0.25) is 10.0 Å². The molecule has 0 aromatic carbocycles. The summed E-state index contributed by atoms with van der Waals surface area (Å²) in [6.07, 6.45) is 2.87. The molecule has 5 nitrogen and oxygen atoms in total. The highest BCUT2D eigenvalue weighted by molar-refractivity contribution is 7.89. The minimum atomic E-state index is -3.23. The molecule has 112 valence electrons. The van der Waals surface area contributed by atoms with Gasteiger partial charge in [-0.05, 0) is 31.7 Å². The van der Waals surface area contributed by atoms with Crippen molar-refractivity contribution in [2.24, 2.45) is 5.92 Å². The van der Waals surface area contributed by atoms with Gasteiger partial charge in [-0.2, -0.15) is 0 Å². The van der Waals surface area contributed by atoms with Gasteiger partial charge in [0, 0.05) is 25.7 Å². The standard InChI is InChI=1S/C13H26N2O3S/c1-3-15-8-11(2)13(9-15)14-19(16,17)10-12-6-4-5-7-18-12/h11-14H,3-10H2,1-2H3. The van der Waals surface area contributed by atoms with Gasteiger partial charge in [-0.25, -0.2) is 13.1 Å². The van der Waals surface area contributed by atoms with Gasteiger partial charge in [0.25, 0.3) is 0 Å². The summed E-state index contributed by atoms with van der Waals surface area (Å²) in [5, 5.41) is 0. The van der Waals surface area contributed by atoms with Gasteiger partial charge in [0.15, 0.2) is 0 Å². The Balaban J connectivity index is 1.86. The van der Waals surface area contributed by atoms with Crippen molar-refractivity contribution in [3.8, 4) is 0 Å². The van der Waals surface area contributed by atoms with E-state index in [1.54, 1.807) is 0 Å². The van der Waals surface area contributed by atoms with Crippen LogP contribution in [0.15, 0.2) is 0 Å². The van der Waals surface area contributed by atoms with Crippen molar-refractivity contribution in [3.05, 3.63) is 0 Å². The van der Waals surface area contributed by atoms with Crippen LogP contribution in [0.3, 0.4) is 0 Å². The van der Waals surface area contributed by atoms with E-state index in [4.69, 9.17) is 4.74 Å². The normalized spacial score (nSPS) is 33.7. The molecule has 0 amide bonds. The van der Waals surface area contributed by atoms with E-state index in [9.17, 15) is 8.42 Å². The quantitative estimate of drug-likeness (QED) is 0.814. The topological polar surface area (TPSA) is 58.6 Å². The van der Waals surface area contributed by atoms with Crippen LogP contribution in [0.4, 0.5) is 0 Å². The Morgan fingerprint density at radius 2 is 2.11 bits per heavy atom. The van der Waals surface area contributed by atoms with E-state index in [1.165, 1.54) is 0 Å². The van der Waals surface area contributed by atoms with Crippen molar-refractivity contribution in [3.63, 3.8) is 0 Å². The number of rotatable bonds is 5. The summed E-state index contributed by atoms with van der Waals surface area (Å²) in [4.78, 5) is 2.29. The molecule has 2 aliphatic rings. The molecule has 2 aliphatic heterocycles. The highest BCUT2D eigenvalue weighted by Gasteiger charge is 2.32. The summed E-state index contributed by atoms with van der Waals surface area (Å²) in [5.41, 5.74) is 0. The van der Waals surface area contributed by atoms with Crippen LogP contribution in [0.5, 0.6) is 0 Å². The summed E-state index contributed by atoms with van der Waals surface area (Å²) in [5.74, 6) is 0.490. The largest absolute Gasteiger partial charge is 0.377 e. The smallest absolute Gasteiger partial charge is 0.214 e. The van der Waals surface area contributed by atoms with E-state index in [0.717, 1.165) is 38.9 Å². The van der Waals surface area contributed by atoms with Gasteiger partial charge < -0.3 is 9.64 Å². The third-order valence-corrected chi connectivity index (χ3v) is 5.62. The minimum absolute atomic E-state index is 0.0496. The molecule has 2 heterocycles. The van der Waals surface area contributed by atoms with Gasteiger partial charge >= 0.3 is 0 Å². The molecule has 3 atom stereocenters. The summed E-state index contributed by atoms with van der Waals surface area (Å²) in [6.45, 7) is 7.70. The van der Waals surface area contributed by atoms with Crippen LogP contribution in [0.1, 0.15) is 33.1 Å². The Morgan fingerprint density at radius 3 is 2.68 bits per heavy atom. The Kier molecular flexibility index (Phi) is 5.22. The summed E-state index contributed by atoms with van der Waals surface area (Å²) < 4.78 is 32.8. The van der Waals surface area contributed by atoms with Crippen LogP contribution in [0, 0.1) is 5.92 Å². The lowest BCUT2D eigenvalue weighted by Crippen LogP contribution is -2.43. The monoisotopic (exact) mass is 290 g/mol. The van der Waals surface area contributed by atoms with E-state index in [0.29, 0.717) is 12.5 Å². The zero-order valence-corrected chi connectivity index (χ0v) is 12.8. The lowest BCUT2D eigenvalue weighted by molar-refractivity contribution is 0.0303. The van der Waals surface area contributed by atoms with Gasteiger partial charge in [-0.3, -0.25) is 0 Å². The second-order valence-corrected chi connectivity index (χ2v) is 7.62. The fourth-order valence-electron chi connectivity index (χ4n) is 2.94. The lowest BCUT2D eigenvalue weighted by atomic mass is 10.1. The van der Waals surface area contributed by atoms with Gasteiger partial charge in [-0.15, -0.1) is 0 Å². The first kappa shape index (κ1) is 15.2. The second kappa shape index (κ2) is 6.52. The third-order valence-electron chi connectivity index (χ3n) is 4.15. The highest BCUT2D eigenvalue weighted by atomic mass is 32.2. The maximum absolute atomic E-state index is 12.2. The van der Waals surface area contributed by atoms with Crippen LogP contribution in [0.25, 0.3) is 0 Å². The molecular weight excluding hydrogens is 264 g/mol. The molecule has 0 radical (unpaired) electrons. The van der Waals surface area contributed by atoms with Crippen LogP contribution in [-0.4, -0.2) is 57.5 Å². The van der Waals surface area contributed by atoms with E-state index < -0.39 is 10.0 Å². The number of nitrogens with one attached hydrogen (secondary N) is 1. The Bertz CT molecular complexity index is 379. The fourth-order valence-corrected chi connectivity index (χ4v) is 4.56. The van der Waals surface area contributed by atoms with Crippen molar-refractivity contribution in [1.82, 2.24) is 9.62 Å². The van der Waals surface area contributed by atoms with Crippen LogP contribution < -0.4 is 4.72 Å². The molecule has 0 bridgehead atoms. The average molecular weight is 290 g/mol. The van der Waals surface area contributed by atoms with Gasteiger partial charge in [-0.1, -0.05) is 13.8 Å². The molecule has 0 aromatic heterocycles. The predicted octanol–water partition coefficient (Wildman–Crippen LogP) is 0.815. The molecule has 3 unspecified atom stereocenters. The number of likely N-dealkylation sites (tertiary alicyclic amines) is 1. The summed E-state index contributed by atoms with van der Waals surface area (Å²) in [7, 11) is -3.23. The number of hydrogen-bond acceptors (Lipinski definition) is 4. The molecule has 6 heteroatoms. The molecule has 0 spiro atoms. The van der Waals surface area contributed by atoms with Crippen molar-refractivity contribution in [2.45, 2.75) is 45.3 Å². The van der Waals surface area contributed by atoms with Crippen molar-refractivity contribution < 1.29 is 13.2 Å². The number of likely N-dealkylation sites (N-methyl/N-ethyl adjacent to an activating group) is 1. The first-order valence-electron chi connectivity index (χ1n) is 7.34. The van der Waals surface area contributed by atoms with Gasteiger partial charge in [0.1, 0.15) is 0 Å². The third kappa shape index (κ3) is 4.41. The Hall–Kier alpha value is -0.170. The number of sulfonamides is 1. The van der Waals surface area contributed by atoms with Crippen molar-refractivity contribution in [2.75, 3.05) is 32.0 Å². The molecule has 2 fully saturated rings. The summed E-state index contributed by atoms with van der Waals surface area (Å²) in [6, 6.07) is 0.0496. The fraction of sp³-hybridized carbons (Fsp3) is 1.00. The zero-order valence-electron chi connectivity index (χ0n) is 12.0. The first-order valence-corrected chi connectivity index (χ1v) is 8.99. The zero-order chi connectivity index (χ0) is 13.9. The predicted molar refractivity (Wildman–Crippen MR) is 75.6 cm³/mol. The van der Waals surface area contributed by atoms with Crippen LogP contribution in [-0.2, 0) is 14.8 Å². The SMILES string of the molecule is CCN1CC(C)C(NS(=O)(=O)CC2CCCCO2)C1. The molecule has 0 aromatic rings. The number of hydrogen-bond donors (Lipinski definition) is 1. The van der Waals surface area contributed by atoms with E-state index in [1.807, 2.05) is 0 Å². The highest BCUT2D eigenvalue weighted by Crippen LogP contribution is 2.18. The number of ether oxygens (including phenoxy) is 1. The molecule has 19 heavy (non-hydrogen) atoms. The molecule has 1 N–H and O–H groups in total. The minimum Gasteiger partial charge on any atom is -0.377 e. The van der Waals surface area contributed by atoms with E-state index in [2.05, 4.69) is 23.5 Å². The van der Waals surface area contributed by atoms with Crippen LogP contribution >= 0.6 is 0 Å². The lowest BCUT2D eigenvalue weighted by Gasteiger charge is -2.24. The molecular formula is C13H26N2O3S. The average Bonchev–Trinajstić information content (AvgIpc) is 2.70. The second-order valence-electron chi connectivity index (χ2n) is 5.82. The maximum atomic E-state index is 12.2. The van der Waals surface area contributed by atoms with Crippen molar-refractivity contribution in [1.29, 1.82) is 0 Å². The molecule has 0 saturated carbocycles.